The maximum absolute atomic E-state index is 11.9. The summed E-state index contributed by atoms with van der Waals surface area (Å²) < 4.78 is 39.6. The summed E-state index contributed by atoms with van der Waals surface area (Å²) in [4.78, 5) is 0. The first-order valence-corrected chi connectivity index (χ1v) is 4.60. The summed E-state index contributed by atoms with van der Waals surface area (Å²) in [5, 5.41) is 0. The summed E-state index contributed by atoms with van der Waals surface area (Å²) in [6.45, 7) is 0. The van der Waals surface area contributed by atoms with Crippen LogP contribution in [0.4, 0.5) is 13.2 Å². The van der Waals surface area contributed by atoms with Crippen LogP contribution in [0.5, 0.6) is 5.75 Å². The molecule has 0 saturated carbocycles. The summed E-state index contributed by atoms with van der Waals surface area (Å²) in [5.41, 5.74) is 7.51. The van der Waals surface area contributed by atoms with E-state index in [9.17, 15) is 13.2 Å². The Kier molecular flexibility index (Phi) is 2.34. The molecule has 0 amide bonds. The molecule has 2 N–H and O–H groups in total. The van der Waals surface area contributed by atoms with Gasteiger partial charge in [0, 0.05) is 6.04 Å². The Labute approximate surface area is 84.8 Å². The van der Waals surface area contributed by atoms with Crippen LogP contribution in [0.25, 0.3) is 0 Å². The van der Waals surface area contributed by atoms with Gasteiger partial charge in [-0.15, -0.1) is 13.2 Å². The molecule has 2 nitrogen and oxygen atoms in total. The Bertz CT molecular complexity index is 375. The van der Waals surface area contributed by atoms with Crippen LogP contribution >= 0.6 is 0 Å². The van der Waals surface area contributed by atoms with Crippen LogP contribution in [0.15, 0.2) is 18.2 Å². The van der Waals surface area contributed by atoms with E-state index < -0.39 is 6.36 Å². The molecule has 0 aliphatic heterocycles. The van der Waals surface area contributed by atoms with Crippen molar-refractivity contribution in [2.75, 3.05) is 0 Å². The molecule has 0 unspecified atom stereocenters. The molecule has 82 valence electrons. The molecule has 0 spiro atoms. The fourth-order valence-electron chi connectivity index (χ4n) is 1.81. The van der Waals surface area contributed by atoms with Gasteiger partial charge in [0.1, 0.15) is 5.75 Å². The predicted molar refractivity (Wildman–Crippen MR) is 48.4 cm³/mol. The molecule has 0 fully saturated rings. The number of benzene rings is 1. The topological polar surface area (TPSA) is 35.2 Å². The summed E-state index contributed by atoms with van der Waals surface area (Å²) in [7, 11) is 0. The number of aryl methyl sites for hydroxylation is 1. The molecule has 1 aliphatic carbocycles. The highest BCUT2D eigenvalue weighted by molar-refractivity contribution is 5.40. The normalized spacial score (nSPS) is 20.1. The van der Waals surface area contributed by atoms with Crippen LogP contribution < -0.4 is 10.5 Å². The number of rotatable bonds is 1. The van der Waals surface area contributed by atoms with Crippen LogP contribution in [0.1, 0.15) is 23.6 Å². The second-order valence-corrected chi connectivity index (χ2v) is 3.55. The summed E-state index contributed by atoms with van der Waals surface area (Å²) >= 11 is 0. The highest BCUT2D eigenvalue weighted by atomic mass is 19.4. The van der Waals surface area contributed by atoms with E-state index in [0.29, 0.717) is 0 Å². The highest BCUT2D eigenvalue weighted by Crippen LogP contribution is 2.33. The van der Waals surface area contributed by atoms with Crippen molar-refractivity contribution in [2.24, 2.45) is 5.73 Å². The summed E-state index contributed by atoms with van der Waals surface area (Å²) in [5.74, 6) is -0.196. The minimum Gasteiger partial charge on any atom is -0.406 e. The number of ether oxygens (including phenoxy) is 1. The molecular formula is C10H10F3NO. The predicted octanol–water partition coefficient (Wildman–Crippen LogP) is 2.53. The largest absolute Gasteiger partial charge is 0.573 e. The Hall–Kier alpha value is -1.23. The van der Waals surface area contributed by atoms with Gasteiger partial charge in [-0.1, -0.05) is 6.07 Å². The van der Waals surface area contributed by atoms with Gasteiger partial charge in [0.05, 0.1) is 0 Å². The third kappa shape index (κ3) is 2.23. The van der Waals surface area contributed by atoms with Crippen LogP contribution in [0.2, 0.25) is 0 Å². The molecular weight excluding hydrogens is 207 g/mol. The Morgan fingerprint density at radius 2 is 2.07 bits per heavy atom. The monoisotopic (exact) mass is 217 g/mol. The minimum absolute atomic E-state index is 0.170. The molecule has 1 aliphatic rings. The second-order valence-electron chi connectivity index (χ2n) is 3.55. The van der Waals surface area contributed by atoms with Gasteiger partial charge in [0.25, 0.3) is 0 Å². The van der Waals surface area contributed by atoms with Gasteiger partial charge in [-0.2, -0.15) is 0 Å². The zero-order valence-corrected chi connectivity index (χ0v) is 7.84. The van der Waals surface area contributed by atoms with Crippen LogP contribution in [-0.2, 0) is 6.42 Å². The molecule has 0 aromatic heterocycles. The zero-order valence-electron chi connectivity index (χ0n) is 7.84. The minimum atomic E-state index is -4.64. The fourth-order valence-corrected chi connectivity index (χ4v) is 1.81. The molecule has 1 atom stereocenters. The van der Waals surface area contributed by atoms with Crippen LogP contribution in [0, 0.1) is 0 Å². The summed E-state index contributed by atoms with van der Waals surface area (Å²) in [6.07, 6.45) is -3.04. The number of alkyl halides is 3. The van der Waals surface area contributed by atoms with Gasteiger partial charge in [0.2, 0.25) is 0 Å². The lowest BCUT2D eigenvalue weighted by molar-refractivity contribution is -0.274. The van der Waals surface area contributed by atoms with Crippen molar-refractivity contribution >= 4 is 0 Å². The van der Waals surface area contributed by atoms with Gasteiger partial charge in [-0.3, -0.25) is 0 Å². The molecule has 0 bridgehead atoms. The van der Waals surface area contributed by atoms with Crippen molar-refractivity contribution in [3.8, 4) is 5.75 Å². The van der Waals surface area contributed by atoms with Gasteiger partial charge in [0.15, 0.2) is 0 Å². The van der Waals surface area contributed by atoms with Crippen molar-refractivity contribution < 1.29 is 17.9 Å². The molecule has 0 radical (unpaired) electrons. The molecule has 2 rings (SSSR count). The van der Waals surface area contributed by atoms with Gasteiger partial charge in [-0.05, 0) is 36.1 Å². The molecule has 5 heteroatoms. The number of hydrogen-bond donors (Lipinski definition) is 1. The zero-order chi connectivity index (χ0) is 11.1. The van der Waals surface area contributed by atoms with Crippen molar-refractivity contribution in [1.29, 1.82) is 0 Å². The molecule has 1 aromatic rings. The fraction of sp³-hybridized carbons (Fsp3) is 0.400. The van der Waals surface area contributed by atoms with E-state index in [1.807, 2.05) is 0 Å². The average Bonchev–Trinajstić information content (AvgIpc) is 2.45. The highest BCUT2D eigenvalue weighted by Gasteiger charge is 2.31. The van der Waals surface area contributed by atoms with Crippen molar-refractivity contribution in [2.45, 2.75) is 25.2 Å². The Balaban J connectivity index is 2.26. The van der Waals surface area contributed by atoms with E-state index in [4.69, 9.17) is 5.73 Å². The van der Waals surface area contributed by atoms with Crippen LogP contribution in [-0.4, -0.2) is 6.36 Å². The van der Waals surface area contributed by atoms with E-state index in [-0.39, 0.29) is 11.8 Å². The lowest BCUT2D eigenvalue weighted by atomic mass is 10.1. The standard InChI is InChI=1S/C10H10F3NO/c11-10(12,13)15-7-3-1-6-2-4-9(14)8(6)5-7/h1,3,5,9H,2,4,14H2/t9-/m0/s1. The SMILES string of the molecule is N[C@H]1CCc2ccc(OC(F)(F)F)cc21. The lowest BCUT2D eigenvalue weighted by Gasteiger charge is -2.11. The molecule has 1 aromatic carbocycles. The Morgan fingerprint density at radius 1 is 1.33 bits per heavy atom. The quantitative estimate of drug-likeness (QED) is 0.784. The maximum Gasteiger partial charge on any atom is 0.573 e. The smallest absolute Gasteiger partial charge is 0.406 e. The first-order chi connectivity index (χ1) is 6.96. The van der Waals surface area contributed by atoms with Gasteiger partial charge >= 0.3 is 6.36 Å². The van der Waals surface area contributed by atoms with Gasteiger partial charge in [-0.25, -0.2) is 0 Å². The number of halogens is 3. The van der Waals surface area contributed by atoms with E-state index in [2.05, 4.69) is 4.74 Å². The van der Waals surface area contributed by atoms with Crippen molar-refractivity contribution in [3.05, 3.63) is 29.3 Å². The first-order valence-electron chi connectivity index (χ1n) is 4.60. The second kappa shape index (κ2) is 3.41. The van der Waals surface area contributed by atoms with Crippen molar-refractivity contribution in [1.82, 2.24) is 0 Å². The third-order valence-electron chi connectivity index (χ3n) is 2.48. The van der Waals surface area contributed by atoms with Gasteiger partial charge < -0.3 is 10.5 Å². The van der Waals surface area contributed by atoms with E-state index >= 15 is 0 Å². The lowest BCUT2D eigenvalue weighted by Crippen LogP contribution is -2.17. The third-order valence-corrected chi connectivity index (χ3v) is 2.48. The summed E-state index contributed by atoms with van der Waals surface area (Å²) in [6, 6.07) is 4.17. The molecule has 15 heavy (non-hydrogen) atoms. The molecule has 0 saturated heterocycles. The Morgan fingerprint density at radius 3 is 2.73 bits per heavy atom. The number of hydrogen-bond acceptors (Lipinski definition) is 2. The van der Waals surface area contributed by atoms with Crippen LogP contribution in [0.3, 0.4) is 0 Å². The number of fused-ring (bicyclic) bond motifs is 1. The average molecular weight is 217 g/mol. The van der Waals surface area contributed by atoms with E-state index in [0.717, 1.165) is 24.0 Å². The number of nitrogens with two attached hydrogens (primary N) is 1. The molecule has 0 heterocycles. The maximum atomic E-state index is 11.9. The van der Waals surface area contributed by atoms with E-state index in [1.165, 1.54) is 12.1 Å². The first kappa shape index (κ1) is 10.3. The van der Waals surface area contributed by atoms with Crippen molar-refractivity contribution in [3.63, 3.8) is 0 Å². The van der Waals surface area contributed by atoms with E-state index in [1.54, 1.807) is 6.07 Å².